The van der Waals surface area contributed by atoms with Gasteiger partial charge >= 0.3 is 11.9 Å². The van der Waals surface area contributed by atoms with Crippen LogP contribution in [0.2, 0.25) is 0 Å². The Morgan fingerprint density at radius 1 is 0.397 bits per heavy atom. The Kier molecular flexibility index (Phi) is 57.3. The van der Waals surface area contributed by atoms with E-state index in [1.807, 2.05) is 21.1 Å². The minimum Gasteiger partial charge on any atom is -0.545 e. The summed E-state index contributed by atoms with van der Waals surface area (Å²) in [6.45, 7) is 4.66. The lowest BCUT2D eigenvalue weighted by atomic mass is 10.0. The van der Waals surface area contributed by atoms with Gasteiger partial charge in [0, 0.05) is 12.8 Å². The molecule has 0 aliphatic rings. The molecular formula is C69H123NO8. The largest absolute Gasteiger partial charge is 0.545 e. The van der Waals surface area contributed by atoms with Crippen LogP contribution in [0.5, 0.6) is 0 Å². The number of aliphatic carboxylic acids is 1. The quantitative estimate of drug-likeness (QED) is 0.0195. The fourth-order valence-corrected chi connectivity index (χ4v) is 9.21. The molecule has 2 atom stereocenters. The van der Waals surface area contributed by atoms with Crippen molar-refractivity contribution in [2.24, 2.45) is 0 Å². The smallest absolute Gasteiger partial charge is 0.306 e. The van der Waals surface area contributed by atoms with Gasteiger partial charge in [0.2, 0.25) is 0 Å². The second-order valence-electron chi connectivity index (χ2n) is 23.0. The van der Waals surface area contributed by atoms with Crippen LogP contribution in [-0.4, -0.2) is 82.3 Å². The predicted molar refractivity (Wildman–Crippen MR) is 329 cm³/mol. The van der Waals surface area contributed by atoms with Gasteiger partial charge in [-0.15, -0.1) is 0 Å². The van der Waals surface area contributed by atoms with Gasteiger partial charge < -0.3 is 33.3 Å². The highest BCUT2D eigenvalue weighted by molar-refractivity contribution is 5.70. The molecule has 0 aliphatic heterocycles. The van der Waals surface area contributed by atoms with Crippen molar-refractivity contribution in [2.75, 3.05) is 47.5 Å². The lowest BCUT2D eigenvalue weighted by Gasteiger charge is -2.26. The first-order valence-electron chi connectivity index (χ1n) is 32.6. The third-order valence-corrected chi connectivity index (χ3v) is 14.2. The van der Waals surface area contributed by atoms with E-state index in [0.29, 0.717) is 17.4 Å². The monoisotopic (exact) mass is 1090 g/mol. The van der Waals surface area contributed by atoms with Gasteiger partial charge in [-0.05, 0) is 83.5 Å². The zero-order valence-electron chi connectivity index (χ0n) is 51.5. The molecule has 0 rings (SSSR count). The summed E-state index contributed by atoms with van der Waals surface area (Å²) in [5.74, 6) is -2.27. The Morgan fingerprint density at radius 2 is 0.731 bits per heavy atom. The second kappa shape index (κ2) is 59.8. The molecule has 9 heteroatoms. The summed E-state index contributed by atoms with van der Waals surface area (Å²) in [7, 11) is 5.93. The summed E-state index contributed by atoms with van der Waals surface area (Å²) in [4.78, 5) is 37.4. The number of carboxylic acids is 1. The maximum absolute atomic E-state index is 12.9. The summed E-state index contributed by atoms with van der Waals surface area (Å²) in [5.41, 5.74) is 0. The molecule has 9 nitrogen and oxygen atoms in total. The number of carbonyl (C=O) groups excluding carboxylic acids is 3. The van der Waals surface area contributed by atoms with Crippen LogP contribution in [0.4, 0.5) is 0 Å². The maximum atomic E-state index is 12.9. The Hall–Kier alpha value is -3.27. The number of unbranched alkanes of at least 4 members (excludes halogenated alkanes) is 33. The Bertz CT molecular complexity index is 1510. The molecule has 0 heterocycles. The van der Waals surface area contributed by atoms with E-state index in [9.17, 15) is 19.5 Å². The molecule has 0 spiro atoms. The van der Waals surface area contributed by atoms with E-state index in [4.69, 9.17) is 18.9 Å². The minimum atomic E-state index is -1.62. The van der Waals surface area contributed by atoms with Crippen LogP contribution in [-0.2, 0) is 33.3 Å². The molecule has 0 fully saturated rings. The van der Waals surface area contributed by atoms with Crippen molar-refractivity contribution < 1.29 is 42.9 Å². The summed E-state index contributed by atoms with van der Waals surface area (Å²) >= 11 is 0. The first kappa shape index (κ1) is 74.7. The van der Waals surface area contributed by atoms with Gasteiger partial charge in [-0.1, -0.05) is 267 Å². The molecule has 0 amide bonds. The van der Waals surface area contributed by atoms with Gasteiger partial charge in [0.15, 0.2) is 12.4 Å². The van der Waals surface area contributed by atoms with Gasteiger partial charge in [-0.3, -0.25) is 9.59 Å². The van der Waals surface area contributed by atoms with Crippen molar-refractivity contribution >= 4 is 17.9 Å². The van der Waals surface area contributed by atoms with Crippen LogP contribution in [0.1, 0.15) is 290 Å². The van der Waals surface area contributed by atoms with Crippen LogP contribution in [0.25, 0.3) is 0 Å². The third-order valence-electron chi connectivity index (χ3n) is 14.2. The SMILES string of the molecule is CC/C=C\C/C=C\C/C=C\C/C=C\C/C=C\CCCCCCCCCCCCCCCCCCCCCC(=O)OC(COC(=O)CCCCCCCCC/C=C\CCCCCCCCC)COC(OCC[N+](C)(C)C)C(=O)[O-]. The summed E-state index contributed by atoms with van der Waals surface area (Å²) in [6, 6.07) is 0. The molecule has 0 saturated heterocycles. The number of allylic oxidation sites excluding steroid dienone is 12. The van der Waals surface area contributed by atoms with E-state index in [1.165, 1.54) is 186 Å². The maximum Gasteiger partial charge on any atom is 0.306 e. The zero-order chi connectivity index (χ0) is 56.9. The third kappa shape index (κ3) is 60.4. The van der Waals surface area contributed by atoms with Crippen LogP contribution < -0.4 is 5.11 Å². The first-order chi connectivity index (χ1) is 38.1. The van der Waals surface area contributed by atoms with Crippen molar-refractivity contribution in [1.29, 1.82) is 0 Å². The molecule has 0 aromatic rings. The van der Waals surface area contributed by atoms with E-state index < -0.39 is 24.3 Å². The molecule has 452 valence electrons. The molecule has 0 bridgehead atoms. The Balaban J connectivity index is 4.07. The molecule has 0 radical (unpaired) electrons. The highest BCUT2D eigenvalue weighted by Crippen LogP contribution is 2.17. The van der Waals surface area contributed by atoms with Crippen LogP contribution >= 0.6 is 0 Å². The van der Waals surface area contributed by atoms with Crippen LogP contribution in [0, 0.1) is 0 Å². The van der Waals surface area contributed by atoms with E-state index in [1.54, 1.807) is 0 Å². The number of hydrogen-bond donors (Lipinski definition) is 0. The van der Waals surface area contributed by atoms with Crippen molar-refractivity contribution in [2.45, 2.75) is 302 Å². The average molecular weight is 1090 g/mol. The lowest BCUT2D eigenvalue weighted by molar-refractivity contribution is -0.870. The zero-order valence-corrected chi connectivity index (χ0v) is 51.5. The highest BCUT2D eigenvalue weighted by Gasteiger charge is 2.22. The first-order valence-corrected chi connectivity index (χ1v) is 32.6. The number of ether oxygens (including phenoxy) is 4. The topological polar surface area (TPSA) is 111 Å². The number of hydrogen-bond acceptors (Lipinski definition) is 8. The Labute approximate surface area is 481 Å². The lowest BCUT2D eigenvalue weighted by Crippen LogP contribution is -2.44. The molecule has 0 aromatic heterocycles. The number of esters is 2. The van der Waals surface area contributed by atoms with Crippen molar-refractivity contribution in [3.63, 3.8) is 0 Å². The average Bonchev–Trinajstić information content (AvgIpc) is 3.41. The predicted octanol–water partition coefficient (Wildman–Crippen LogP) is 18.4. The molecule has 0 saturated carbocycles. The summed E-state index contributed by atoms with van der Waals surface area (Å²) in [6.07, 6.45) is 75.4. The normalized spacial score (nSPS) is 13.2. The van der Waals surface area contributed by atoms with Gasteiger partial charge in [0.25, 0.3) is 0 Å². The van der Waals surface area contributed by atoms with Gasteiger partial charge in [0.05, 0.1) is 40.3 Å². The molecule has 0 aromatic carbocycles. The number of carbonyl (C=O) groups is 3. The summed E-state index contributed by atoms with van der Waals surface area (Å²) in [5, 5.41) is 11.8. The van der Waals surface area contributed by atoms with Crippen molar-refractivity contribution in [3.8, 4) is 0 Å². The van der Waals surface area contributed by atoms with Gasteiger partial charge in [-0.25, -0.2) is 0 Å². The molecule has 78 heavy (non-hydrogen) atoms. The second-order valence-corrected chi connectivity index (χ2v) is 23.0. The van der Waals surface area contributed by atoms with Crippen molar-refractivity contribution in [3.05, 3.63) is 72.9 Å². The molecule has 2 unspecified atom stereocenters. The fourth-order valence-electron chi connectivity index (χ4n) is 9.21. The standard InChI is InChI=1S/C69H123NO8/c1-6-8-10-12-14-16-18-20-22-24-26-27-28-29-30-31-32-33-34-35-36-37-38-39-40-41-42-44-46-48-50-52-54-56-58-60-67(72)78-65(64-77-69(68(73)74)75-62-61-70(3,4)5)63-76-66(71)59-57-55-53-51-49-47-45-43-25-23-21-19-17-15-13-11-9-7-2/h8,10,14,16,20,22-23,25-27,29-30,65,69H,6-7,9,11-13,15,17-19,21,24,28,31-64H2,1-5H3/b10-8-,16-14-,22-20-,25-23-,27-26-,30-29-. The number of rotatable bonds is 60. The van der Waals surface area contributed by atoms with E-state index in [0.717, 1.165) is 70.6 Å². The number of quaternary nitrogens is 1. The van der Waals surface area contributed by atoms with E-state index >= 15 is 0 Å². The molecule has 0 N–H and O–H groups in total. The number of nitrogens with zero attached hydrogens (tertiary/aromatic N) is 1. The minimum absolute atomic E-state index is 0.147. The molecular weight excluding hydrogens is 971 g/mol. The van der Waals surface area contributed by atoms with Gasteiger partial charge in [-0.2, -0.15) is 0 Å². The Morgan fingerprint density at radius 3 is 1.10 bits per heavy atom. The van der Waals surface area contributed by atoms with Gasteiger partial charge in [0.1, 0.15) is 13.2 Å². The van der Waals surface area contributed by atoms with E-state index in [2.05, 4.69) is 86.8 Å². The van der Waals surface area contributed by atoms with Crippen molar-refractivity contribution in [1.82, 2.24) is 0 Å². The number of carboxylic acid groups (broad SMARTS) is 1. The fraction of sp³-hybridized carbons (Fsp3) is 0.783. The summed E-state index contributed by atoms with van der Waals surface area (Å²) < 4.78 is 22.8. The van der Waals surface area contributed by atoms with E-state index in [-0.39, 0.29) is 38.6 Å². The number of likely N-dealkylation sites (N-methyl/N-ethyl adjacent to an activating group) is 1. The highest BCUT2D eigenvalue weighted by atomic mass is 16.7. The van der Waals surface area contributed by atoms with Crippen LogP contribution in [0.3, 0.4) is 0 Å². The van der Waals surface area contributed by atoms with Crippen LogP contribution in [0.15, 0.2) is 72.9 Å². The molecule has 0 aliphatic carbocycles.